The molecule has 1 saturated heterocycles. The van der Waals surface area contributed by atoms with E-state index in [0.29, 0.717) is 5.92 Å². The quantitative estimate of drug-likeness (QED) is 0.861. The summed E-state index contributed by atoms with van der Waals surface area (Å²) in [7, 11) is 0. The SMILES string of the molecule is Cc1ncn(CC2CCN(Cc3cocn3)CC2)c(=O)c1C. The molecular formula is C16H22N4O2. The van der Waals surface area contributed by atoms with E-state index in [1.807, 2.05) is 13.8 Å². The van der Waals surface area contributed by atoms with Crippen LogP contribution < -0.4 is 5.56 Å². The largest absolute Gasteiger partial charge is 0.451 e. The molecule has 0 unspecified atom stereocenters. The molecule has 0 aliphatic carbocycles. The van der Waals surface area contributed by atoms with Gasteiger partial charge < -0.3 is 4.42 Å². The van der Waals surface area contributed by atoms with Gasteiger partial charge in [0.15, 0.2) is 6.39 Å². The molecule has 118 valence electrons. The summed E-state index contributed by atoms with van der Waals surface area (Å²) in [6, 6.07) is 0. The first-order valence-electron chi connectivity index (χ1n) is 7.75. The predicted octanol–water partition coefficient (Wildman–Crippen LogP) is 1.76. The third-order valence-corrected chi connectivity index (χ3v) is 4.55. The zero-order valence-electron chi connectivity index (χ0n) is 13.2. The molecule has 0 amide bonds. The Bertz CT molecular complexity index is 670. The Kier molecular flexibility index (Phi) is 4.38. The van der Waals surface area contributed by atoms with E-state index in [4.69, 9.17) is 4.42 Å². The van der Waals surface area contributed by atoms with E-state index in [0.717, 1.165) is 56.0 Å². The lowest BCUT2D eigenvalue weighted by Gasteiger charge is -2.31. The smallest absolute Gasteiger partial charge is 0.256 e. The standard InChI is InChI=1S/C16H22N4O2/c1-12-13(2)17-10-20(16(12)21)7-14-3-5-19(6-4-14)8-15-9-22-11-18-15/h9-11,14H,3-8H2,1-2H3. The number of aryl methyl sites for hydroxylation is 1. The molecule has 0 N–H and O–H groups in total. The van der Waals surface area contributed by atoms with Gasteiger partial charge in [0.05, 0.1) is 12.0 Å². The van der Waals surface area contributed by atoms with E-state index < -0.39 is 0 Å². The Morgan fingerprint density at radius 2 is 2.05 bits per heavy atom. The molecule has 0 saturated carbocycles. The Morgan fingerprint density at radius 1 is 1.27 bits per heavy atom. The molecule has 3 heterocycles. The van der Waals surface area contributed by atoms with Crippen molar-refractivity contribution in [3.8, 4) is 0 Å². The van der Waals surface area contributed by atoms with E-state index in [1.165, 1.54) is 6.39 Å². The zero-order valence-corrected chi connectivity index (χ0v) is 13.2. The monoisotopic (exact) mass is 302 g/mol. The Balaban J connectivity index is 1.56. The maximum absolute atomic E-state index is 12.2. The van der Waals surface area contributed by atoms with Gasteiger partial charge in [-0.2, -0.15) is 0 Å². The molecule has 22 heavy (non-hydrogen) atoms. The van der Waals surface area contributed by atoms with E-state index in [-0.39, 0.29) is 5.56 Å². The minimum atomic E-state index is 0.0949. The van der Waals surface area contributed by atoms with Crippen LogP contribution in [0.2, 0.25) is 0 Å². The molecule has 3 rings (SSSR count). The van der Waals surface area contributed by atoms with Gasteiger partial charge in [-0.1, -0.05) is 0 Å². The summed E-state index contributed by atoms with van der Waals surface area (Å²) < 4.78 is 6.77. The average Bonchev–Trinajstić information content (AvgIpc) is 3.03. The number of aromatic nitrogens is 3. The summed E-state index contributed by atoms with van der Waals surface area (Å²) in [5, 5.41) is 0. The van der Waals surface area contributed by atoms with Crippen molar-refractivity contribution >= 4 is 0 Å². The number of hydrogen-bond donors (Lipinski definition) is 0. The maximum Gasteiger partial charge on any atom is 0.256 e. The topological polar surface area (TPSA) is 64.2 Å². The molecule has 1 fully saturated rings. The fourth-order valence-electron chi connectivity index (χ4n) is 2.96. The predicted molar refractivity (Wildman–Crippen MR) is 82.5 cm³/mol. The molecular weight excluding hydrogens is 280 g/mol. The zero-order chi connectivity index (χ0) is 15.5. The van der Waals surface area contributed by atoms with Gasteiger partial charge in [-0.15, -0.1) is 0 Å². The normalized spacial score (nSPS) is 17.0. The van der Waals surface area contributed by atoms with Crippen LogP contribution in [0.25, 0.3) is 0 Å². The molecule has 0 aromatic carbocycles. The van der Waals surface area contributed by atoms with Crippen molar-refractivity contribution in [2.24, 2.45) is 5.92 Å². The molecule has 1 aliphatic heterocycles. The summed E-state index contributed by atoms with van der Waals surface area (Å²) in [6.45, 7) is 7.40. The van der Waals surface area contributed by atoms with Gasteiger partial charge in [0.1, 0.15) is 6.26 Å². The van der Waals surface area contributed by atoms with Crippen LogP contribution in [0.3, 0.4) is 0 Å². The molecule has 0 radical (unpaired) electrons. The Labute approximate surface area is 129 Å². The molecule has 2 aromatic rings. The molecule has 6 nitrogen and oxygen atoms in total. The molecule has 2 aromatic heterocycles. The van der Waals surface area contributed by atoms with Crippen LogP contribution in [0, 0.1) is 19.8 Å². The van der Waals surface area contributed by atoms with Crippen LogP contribution in [-0.2, 0) is 13.1 Å². The van der Waals surface area contributed by atoms with Gasteiger partial charge in [-0.3, -0.25) is 14.3 Å². The van der Waals surface area contributed by atoms with E-state index in [1.54, 1.807) is 17.2 Å². The lowest BCUT2D eigenvalue weighted by molar-refractivity contribution is 0.164. The van der Waals surface area contributed by atoms with Crippen molar-refractivity contribution in [1.82, 2.24) is 19.4 Å². The summed E-state index contributed by atoms with van der Waals surface area (Å²) in [6.07, 6.45) is 7.05. The molecule has 0 atom stereocenters. The average molecular weight is 302 g/mol. The van der Waals surface area contributed by atoms with Gasteiger partial charge in [-0.25, -0.2) is 9.97 Å². The lowest BCUT2D eigenvalue weighted by Crippen LogP contribution is -2.36. The highest BCUT2D eigenvalue weighted by Gasteiger charge is 2.20. The summed E-state index contributed by atoms with van der Waals surface area (Å²) >= 11 is 0. The number of likely N-dealkylation sites (tertiary alicyclic amines) is 1. The number of hydrogen-bond acceptors (Lipinski definition) is 5. The van der Waals surface area contributed by atoms with Crippen LogP contribution in [-0.4, -0.2) is 32.5 Å². The van der Waals surface area contributed by atoms with E-state index in [9.17, 15) is 4.79 Å². The highest BCUT2D eigenvalue weighted by molar-refractivity contribution is 5.12. The van der Waals surface area contributed by atoms with Gasteiger partial charge in [0, 0.05) is 24.3 Å². The number of oxazole rings is 1. The highest BCUT2D eigenvalue weighted by atomic mass is 16.3. The lowest BCUT2D eigenvalue weighted by atomic mass is 9.96. The second-order valence-corrected chi connectivity index (χ2v) is 6.11. The van der Waals surface area contributed by atoms with Crippen LogP contribution in [0.4, 0.5) is 0 Å². The molecule has 0 bridgehead atoms. The van der Waals surface area contributed by atoms with Crippen LogP contribution in [0.15, 0.2) is 28.2 Å². The second kappa shape index (κ2) is 6.44. The minimum Gasteiger partial charge on any atom is -0.451 e. The molecule has 0 spiro atoms. The minimum absolute atomic E-state index is 0.0949. The third-order valence-electron chi connectivity index (χ3n) is 4.55. The summed E-state index contributed by atoms with van der Waals surface area (Å²) in [5.74, 6) is 0.537. The first kappa shape index (κ1) is 15.0. The van der Waals surface area contributed by atoms with Gasteiger partial charge in [0.2, 0.25) is 0 Å². The first-order chi connectivity index (χ1) is 10.6. The number of nitrogens with zero attached hydrogens (tertiary/aromatic N) is 4. The van der Waals surface area contributed by atoms with Crippen molar-refractivity contribution in [3.05, 3.63) is 46.3 Å². The van der Waals surface area contributed by atoms with Crippen LogP contribution in [0.1, 0.15) is 29.8 Å². The van der Waals surface area contributed by atoms with Crippen molar-refractivity contribution in [2.45, 2.75) is 39.8 Å². The van der Waals surface area contributed by atoms with E-state index in [2.05, 4.69) is 14.9 Å². The van der Waals surface area contributed by atoms with Crippen molar-refractivity contribution < 1.29 is 4.42 Å². The van der Waals surface area contributed by atoms with Gasteiger partial charge in [0.25, 0.3) is 5.56 Å². The Morgan fingerprint density at radius 3 is 2.73 bits per heavy atom. The van der Waals surface area contributed by atoms with Crippen molar-refractivity contribution in [3.63, 3.8) is 0 Å². The van der Waals surface area contributed by atoms with Crippen molar-refractivity contribution in [2.75, 3.05) is 13.1 Å². The molecule has 1 aliphatic rings. The van der Waals surface area contributed by atoms with Crippen molar-refractivity contribution in [1.29, 1.82) is 0 Å². The highest BCUT2D eigenvalue weighted by Crippen LogP contribution is 2.20. The maximum atomic E-state index is 12.2. The van der Waals surface area contributed by atoms with Crippen LogP contribution in [0.5, 0.6) is 0 Å². The fourth-order valence-corrected chi connectivity index (χ4v) is 2.96. The van der Waals surface area contributed by atoms with E-state index >= 15 is 0 Å². The fraction of sp³-hybridized carbons (Fsp3) is 0.562. The molecule has 6 heteroatoms. The summed E-state index contributed by atoms with van der Waals surface area (Å²) in [5.41, 5.74) is 2.65. The van der Waals surface area contributed by atoms with Gasteiger partial charge >= 0.3 is 0 Å². The van der Waals surface area contributed by atoms with Gasteiger partial charge in [-0.05, 0) is 45.7 Å². The first-order valence-corrected chi connectivity index (χ1v) is 7.75. The third kappa shape index (κ3) is 3.27. The van der Waals surface area contributed by atoms with Crippen LogP contribution >= 0.6 is 0 Å². The number of piperidine rings is 1. The number of rotatable bonds is 4. The Hall–Kier alpha value is -1.95. The second-order valence-electron chi connectivity index (χ2n) is 6.11. The summed E-state index contributed by atoms with van der Waals surface area (Å²) in [4.78, 5) is 23.1.